The number of nitrogens with two attached hydrogens (primary N) is 1. The van der Waals surface area contributed by atoms with E-state index in [-0.39, 0.29) is 12.2 Å². The zero-order chi connectivity index (χ0) is 13.1. The number of hydrogen-bond donors (Lipinski definition) is 1. The average molecular weight is 247 g/mol. The summed E-state index contributed by atoms with van der Waals surface area (Å²) in [5.41, 5.74) is 8.78. The van der Waals surface area contributed by atoms with Crippen molar-refractivity contribution in [1.29, 1.82) is 0 Å². The van der Waals surface area contributed by atoms with Crippen molar-refractivity contribution >= 4 is 11.8 Å². The van der Waals surface area contributed by atoms with Gasteiger partial charge >= 0.3 is 5.97 Å². The van der Waals surface area contributed by atoms with Crippen molar-refractivity contribution in [3.63, 3.8) is 0 Å². The van der Waals surface area contributed by atoms with Gasteiger partial charge in [0.25, 0.3) is 0 Å². The first-order chi connectivity index (χ1) is 8.61. The Balaban J connectivity index is 2.07. The predicted molar refractivity (Wildman–Crippen MR) is 67.4 cm³/mol. The number of methoxy groups -OCH3 is 1. The number of esters is 1. The Hall–Kier alpha value is -1.68. The maximum atomic E-state index is 12.0. The van der Waals surface area contributed by atoms with Crippen molar-refractivity contribution in [2.75, 3.05) is 7.11 Å². The van der Waals surface area contributed by atoms with Gasteiger partial charge in [0.2, 0.25) is 0 Å². The largest absolute Gasteiger partial charge is 0.468 e. The van der Waals surface area contributed by atoms with Crippen molar-refractivity contribution in [3.8, 4) is 0 Å². The monoisotopic (exact) mass is 247 g/mol. The molecule has 1 aliphatic rings. The van der Waals surface area contributed by atoms with Crippen LogP contribution in [-0.4, -0.2) is 24.9 Å². The van der Waals surface area contributed by atoms with E-state index in [1.165, 1.54) is 18.2 Å². The molecule has 0 saturated heterocycles. The summed E-state index contributed by atoms with van der Waals surface area (Å²) in [7, 11) is 1.27. The summed E-state index contributed by atoms with van der Waals surface area (Å²) in [6.07, 6.45) is 3.26. The number of aryl methyl sites for hydroxylation is 2. The van der Waals surface area contributed by atoms with Crippen LogP contribution in [0.4, 0.5) is 0 Å². The van der Waals surface area contributed by atoms with E-state index in [0.29, 0.717) is 5.56 Å². The number of benzene rings is 1. The zero-order valence-electron chi connectivity index (χ0n) is 10.4. The van der Waals surface area contributed by atoms with E-state index in [1.54, 1.807) is 0 Å². The molecule has 0 amide bonds. The molecule has 0 radical (unpaired) electrons. The van der Waals surface area contributed by atoms with Crippen LogP contribution in [0, 0.1) is 0 Å². The Bertz CT molecular complexity index is 482. The van der Waals surface area contributed by atoms with E-state index < -0.39 is 12.0 Å². The van der Waals surface area contributed by atoms with E-state index in [2.05, 4.69) is 4.74 Å². The van der Waals surface area contributed by atoms with Crippen LogP contribution in [0.5, 0.6) is 0 Å². The van der Waals surface area contributed by atoms with Gasteiger partial charge in [-0.15, -0.1) is 0 Å². The van der Waals surface area contributed by atoms with Gasteiger partial charge in [0.1, 0.15) is 6.04 Å². The summed E-state index contributed by atoms with van der Waals surface area (Å²) in [6, 6.07) is 4.86. The molecule has 1 aromatic rings. The molecule has 2 rings (SSSR count). The summed E-state index contributed by atoms with van der Waals surface area (Å²) < 4.78 is 4.51. The van der Waals surface area contributed by atoms with Crippen LogP contribution in [0.15, 0.2) is 18.2 Å². The molecule has 1 aromatic carbocycles. The van der Waals surface area contributed by atoms with Crippen molar-refractivity contribution in [2.24, 2.45) is 5.73 Å². The quantitative estimate of drug-likeness (QED) is 0.642. The summed E-state index contributed by atoms with van der Waals surface area (Å²) in [5, 5.41) is 0. The van der Waals surface area contributed by atoms with Gasteiger partial charge < -0.3 is 10.5 Å². The molecule has 1 aliphatic carbocycles. The van der Waals surface area contributed by atoms with Crippen LogP contribution in [0.2, 0.25) is 0 Å². The third-order valence-corrected chi connectivity index (χ3v) is 3.33. The van der Waals surface area contributed by atoms with Crippen molar-refractivity contribution in [2.45, 2.75) is 31.7 Å². The highest BCUT2D eigenvalue weighted by Crippen LogP contribution is 2.23. The Kier molecular flexibility index (Phi) is 3.77. The fourth-order valence-electron chi connectivity index (χ4n) is 2.30. The van der Waals surface area contributed by atoms with Gasteiger partial charge in [-0.05, 0) is 36.5 Å². The molecular formula is C14H17NO3. The maximum Gasteiger partial charge on any atom is 0.323 e. The molecule has 0 bridgehead atoms. The first kappa shape index (κ1) is 12.8. The van der Waals surface area contributed by atoms with E-state index in [4.69, 9.17) is 5.73 Å². The van der Waals surface area contributed by atoms with Crippen LogP contribution in [0.3, 0.4) is 0 Å². The minimum atomic E-state index is -0.879. The van der Waals surface area contributed by atoms with Crippen LogP contribution >= 0.6 is 0 Å². The molecule has 1 unspecified atom stereocenters. The number of ketones is 1. The minimum Gasteiger partial charge on any atom is -0.468 e. The fourth-order valence-corrected chi connectivity index (χ4v) is 2.30. The molecular weight excluding hydrogens is 230 g/mol. The number of carbonyl (C=O) groups is 2. The number of ether oxygens (including phenoxy) is 1. The molecule has 0 heterocycles. The molecule has 0 aromatic heterocycles. The number of hydrogen-bond acceptors (Lipinski definition) is 4. The third kappa shape index (κ3) is 2.59. The molecule has 96 valence electrons. The van der Waals surface area contributed by atoms with Crippen molar-refractivity contribution in [1.82, 2.24) is 0 Å². The topological polar surface area (TPSA) is 69.4 Å². The maximum absolute atomic E-state index is 12.0. The van der Waals surface area contributed by atoms with Gasteiger partial charge in [0.15, 0.2) is 5.78 Å². The van der Waals surface area contributed by atoms with E-state index in [1.807, 2.05) is 18.2 Å². The van der Waals surface area contributed by atoms with E-state index in [0.717, 1.165) is 19.3 Å². The lowest BCUT2D eigenvalue weighted by Crippen LogP contribution is -2.33. The smallest absolute Gasteiger partial charge is 0.323 e. The summed E-state index contributed by atoms with van der Waals surface area (Å²) in [6.45, 7) is 0. The van der Waals surface area contributed by atoms with E-state index >= 15 is 0 Å². The molecule has 0 aliphatic heterocycles. The zero-order valence-corrected chi connectivity index (χ0v) is 10.4. The molecule has 0 saturated carbocycles. The third-order valence-electron chi connectivity index (χ3n) is 3.33. The fraction of sp³-hybridized carbons (Fsp3) is 0.429. The molecule has 18 heavy (non-hydrogen) atoms. The van der Waals surface area contributed by atoms with E-state index in [9.17, 15) is 9.59 Å². The van der Waals surface area contributed by atoms with Gasteiger partial charge in [0.05, 0.1) is 7.11 Å². The summed E-state index contributed by atoms with van der Waals surface area (Å²) in [4.78, 5) is 23.2. The van der Waals surface area contributed by atoms with Crippen LogP contribution in [-0.2, 0) is 22.4 Å². The standard InChI is InChI=1S/C14H17NO3/c1-18-14(17)12(15)8-13(16)11-6-5-9-3-2-4-10(9)7-11/h5-7,12H,2-4,8,15H2,1H3. The Labute approximate surface area is 106 Å². The van der Waals surface area contributed by atoms with Gasteiger partial charge in [-0.25, -0.2) is 0 Å². The lowest BCUT2D eigenvalue weighted by atomic mass is 10.00. The Morgan fingerprint density at radius 3 is 2.78 bits per heavy atom. The van der Waals surface area contributed by atoms with Crippen LogP contribution in [0.25, 0.3) is 0 Å². The average Bonchev–Trinajstić information content (AvgIpc) is 2.84. The van der Waals surface area contributed by atoms with Crippen molar-refractivity contribution in [3.05, 3.63) is 34.9 Å². The van der Waals surface area contributed by atoms with Crippen molar-refractivity contribution < 1.29 is 14.3 Å². The summed E-state index contributed by atoms with van der Waals surface area (Å²) in [5.74, 6) is -0.660. The highest BCUT2D eigenvalue weighted by molar-refractivity contribution is 5.99. The highest BCUT2D eigenvalue weighted by Gasteiger charge is 2.20. The molecule has 2 N–H and O–H groups in total. The number of fused-ring (bicyclic) bond motifs is 1. The highest BCUT2D eigenvalue weighted by atomic mass is 16.5. The summed E-state index contributed by atoms with van der Waals surface area (Å²) >= 11 is 0. The Morgan fingerprint density at radius 1 is 1.33 bits per heavy atom. The normalized spacial score (nSPS) is 15.0. The first-order valence-electron chi connectivity index (χ1n) is 6.10. The lowest BCUT2D eigenvalue weighted by Gasteiger charge is -2.09. The van der Waals surface area contributed by atoms with Gasteiger partial charge in [-0.3, -0.25) is 9.59 Å². The molecule has 0 spiro atoms. The molecule has 4 heteroatoms. The molecule has 4 nitrogen and oxygen atoms in total. The van der Waals surface area contributed by atoms with Crippen LogP contribution in [0.1, 0.15) is 34.3 Å². The van der Waals surface area contributed by atoms with Gasteiger partial charge in [-0.2, -0.15) is 0 Å². The number of Topliss-reactive ketones (excluding diaryl/α,β-unsaturated/α-hetero) is 1. The predicted octanol–water partition coefficient (Wildman–Crippen LogP) is 1.25. The minimum absolute atomic E-state index is 0.00847. The second kappa shape index (κ2) is 5.31. The second-order valence-corrected chi connectivity index (χ2v) is 4.59. The molecule has 1 atom stereocenters. The number of carbonyl (C=O) groups excluding carboxylic acids is 2. The van der Waals surface area contributed by atoms with Gasteiger partial charge in [-0.1, -0.05) is 12.1 Å². The lowest BCUT2D eigenvalue weighted by molar-refractivity contribution is -0.142. The second-order valence-electron chi connectivity index (χ2n) is 4.59. The first-order valence-corrected chi connectivity index (χ1v) is 6.10. The Morgan fingerprint density at radius 2 is 2.06 bits per heavy atom. The van der Waals surface area contributed by atoms with Crippen LogP contribution < -0.4 is 5.73 Å². The number of rotatable bonds is 4. The van der Waals surface area contributed by atoms with Gasteiger partial charge in [0, 0.05) is 12.0 Å². The SMILES string of the molecule is COC(=O)C(N)CC(=O)c1ccc2c(c1)CCC2. The molecule has 0 fully saturated rings.